The maximum Gasteiger partial charge on any atom is 0.257 e. The third-order valence-electron chi connectivity index (χ3n) is 4.88. The van der Waals surface area contributed by atoms with E-state index in [-0.39, 0.29) is 24.2 Å². The minimum absolute atomic E-state index is 0.00298. The number of piperidine rings is 1. The Kier molecular flexibility index (Phi) is 7.46. The lowest BCUT2D eigenvalue weighted by molar-refractivity contribution is -0.123. The van der Waals surface area contributed by atoms with Gasteiger partial charge in [-0.3, -0.25) is 9.59 Å². The Bertz CT molecular complexity index is 857. The van der Waals surface area contributed by atoms with Crippen molar-refractivity contribution in [3.8, 4) is 5.75 Å². The van der Waals surface area contributed by atoms with Crippen molar-refractivity contribution in [1.29, 1.82) is 0 Å². The van der Waals surface area contributed by atoms with Crippen molar-refractivity contribution in [2.45, 2.75) is 17.9 Å². The van der Waals surface area contributed by atoms with E-state index in [1.54, 1.807) is 24.4 Å². The average Bonchev–Trinajstić information content (AvgIpc) is 2.77. The number of nitrogens with one attached hydrogen (secondary N) is 1. The van der Waals surface area contributed by atoms with Gasteiger partial charge in [0.2, 0.25) is 0 Å². The Hall–Kier alpha value is -2.61. The second-order valence-electron chi connectivity index (χ2n) is 6.82. The van der Waals surface area contributed by atoms with E-state index in [1.807, 2.05) is 17.2 Å². The number of likely N-dealkylation sites (tertiary alicyclic amines) is 1. The molecule has 154 valence electrons. The van der Waals surface area contributed by atoms with Crippen LogP contribution in [0.2, 0.25) is 0 Å². The number of pyridine rings is 1. The molecule has 0 spiro atoms. The van der Waals surface area contributed by atoms with Gasteiger partial charge in [-0.15, -0.1) is 11.8 Å². The van der Waals surface area contributed by atoms with Gasteiger partial charge in [-0.2, -0.15) is 0 Å². The zero-order chi connectivity index (χ0) is 20.6. The van der Waals surface area contributed by atoms with Gasteiger partial charge >= 0.3 is 0 Å². The molecule has 0 bridgehead atoms. The lowest BCUT2D eigenvalue weighted by Gasteiger charge is -2.32. The molecular formula is C21H24FN3O3S. The summed E-state index contributed by atoms with van der Waals surface area (Å²) in [7, 11) is 0. The van der Waals surface area contributed by atoms with Crippen molar-refractivity contribution in [3.63, 3.8) is 0 Å². The first kappa shape index (κ1) is 21.1. The molecule has 0 unspecified atom stereocenters. The van der Waals surface area contributed by atoms with Crippen LogP contribution in [0.1, 0.15) is 23.2 Å². The highest BCUT2D eigenvalue weighted by atomic mass is 32.2. The number of para-hydroxylation sites is 1. The summed E-state index contributed by atoms with van der Waals surface area (Å²) in [6.07, 6.45) is 5.22. The van der Waals surface area contributed by atoms with Crippen molar-refractivity contribution in [3.05, 3.63) is 54.0 Å². The number of thioether (sulfide) groups is 1. The Morgan fingerprint density at radius 2 is 2.00 bits per heavy atom. The van der Waals surface area contributed by atoms with E-state index in [2.05, 4.69) is 10.3 Å². The lowest BCUT2D eigenvalue weighted by Crippen LogP contribution is -2.42. The molecule has 3 rings (SSSR count). The summed E-state index contributed by atoms with van der Waals surface area (Å²) in [5.74, 6) is -0.412. The molecule has 1 N–H and O–H groups in total. The van der Waals surface area contributed by atoms with Crippen molar-refractivity contribution >= 4 is 23.6 Å². The topological polar surface area (TPSA) is 71.5 Å². The molecule has 1 aliphatic heterocycles. The van der Waals surface area contributed by atoms with Crippen LogP contribution in [0.4, 0.5) is 4.39 Å². The van der Waals surface area contributed by atoms with Crippen LogP contribution in [-0.4, -0.2) is 54.2 Å². The maximum absolute atomic E-state index is 13.5. The Morgan fingerprint density at radius 3 is 2.72 bits per heavy atom. The summed E-state index contributed by atoms with van der Waals surface area (Å²) >= 11 is 1.46. The van der Waals surface area contributed by atoms with Gasteiger partial charge in [0, 0.05) is 25.8 Å². The van der Waals surface area contributed by atoms with Gasteiger partial charge in [0.1, 0.15) is 5.03 Å². The van der Waals surface area contributed by atoms with Gasteiger partial charge in [0.25, 0.3) is 11.8 Å². The molecular weight excluding hydrogens is 393 g/mol. The van der Waals surface area contributed by atoms with Gasteiger partial charge in [-0.1, -0.05) is 12.1 Å². The highest BCUT2D eigenvalue weighted by molar-refractivity contribution is 7.98. The first-order chi connectivity index (χ1) is 14.1. The molecule has 0 aliphatic carbocycles. The molecule has 1 aromatic heterocycles. The summed E-state index contributed by atoms with van der Waals surface area (Å²) in [5.41, 5.74) is 0.636. The number of amides is 2. The molecule has 1 saturated heterocycles. The third kappa shape index (κ3) is 5.69. The number of nitrogens with zero attached hydrogens (tertiary/aromatic N) is 2. The van der Waals surface area contributed by atoms with Gasteiger partial charge in [-0.25, -0.2) is 9.37 Å². The molecule has 1 fully saturated rings. The van der Waals surface area contributed by atoms with Crippen LogP contribution in [0.25, 0.3) is 0 Å². The number of carbonyl (C=O) groups is 2. The molecule has 0 saturated carbocycles. The van der Waals surface area contributed by atoms with Gasteiger partial charge < -0.3 is 15.0 Å². The molecule has 0 atom stereocenters. The molecule has 6 nitrogen and oxygen atoms in total. The summed E-state index contributed by atoms with van der Waals surface area (Å²) in [6.45, 7) is 1.59. The molecule has 1 aromatic carbocycles. The number of hydrogen-bond donors (Lipinski definition) is 1. The van der Waals surface area contributed by atoms with Crippen LogP contribution in [0, 0.1) is 11.7 Å². The smallest absolute Gasteiger partial charge is 0.257 e. The number of hydrogen-bond acceptors (Lipinski definition) is 5. The number of carbonyl (C=O) groups excluding carboxylic acids is 2. The van der Waals surface area contributed by atoms with Crippen LogP contribution < -0.4 is 10.1 Å². The van der Waals surface area contributed by atoms with Crippen LogP contribution in [0.3, 0.4) is 0 Å². The van der Waals surface area contributed by atoms with E-state index >= 15 is 0 Å². The third-order valence-corrected chi connectivity index (χ3v) is 5.59. The summed E-state index contributed by atoms with van der Waals surface area (Å²) in [6, 6.07) is 9.58. The SMILES string of the molecule is CSc1ncccc1C(=O)N1CCC(CNC(=O)COc2ccccc2F)CC1. The van der Waals surface area contributed by atoms with Crippen LogP contribution in [-0.2, 0) is 4.79 Å². The fraction of sp³-hybridized carbons (Fsp3) is 0.381. The fourth-order valence-electron chi connectivity index (χ4n) is 3.24. The number of rotatable bonds is 7. The zero-order valence-electron chi connectivity index (χ0n) is 16.3. The first-order valence-corrected chi connectivity index (χ1v) is 10.7. The van der Waals surface area contributed by atoms with E-state index in [0.717, 1.165) is 17.9 Å². The van der Waals surface area contributed by atoms with E-state index in [1.165, 1.54) is 23.9 Å². The lowest BCUT2D eigenvalue weighted by atomic mass is 9.96. The largest absolute Gasteiger partial charge is 0.481 e. The van der Waals surface area contributed by atoms with E-state index in [9.17, 15) is 14.0 Å². The minimum atomic E-state index is -0.490. The Labute approximate surface area is 173 Å². The van der Waals surface area contributed by atoms with E-state index in [4.69, 9.17) is 4.74 Å². The fourth-order valence-corrected chi connectivity index (χ4v) is 3.78. The number of benzene rings is 1. The van der Waals surface area contributed by atoms with Gasteiger partial charge in [0.05, 0.1) is 5.56 Å². The molecule has 29 heavy (non-hydrogen) atoms. The molecule has 0 radical (unpaired) electrons. The zero-order valence-corrected chi connectivity index (χ0v) is 17.1. The van der Waals surface area contributed by atoms with Crippen LogP contribution >= 0.6 is 11.8 Å². The molecule has 2 aromatic rings. The molecule has 2 amide bonds. The second-order valence-corrected chi connectivity index (χ2v) is 7.61. The summed E-state index contributed by atoms with van der Waals surface area (Å²) in [5, 5.41) is 3.57. The number of ether oxygens (including phenoxy) is 1. The predicted molar refractivity (Wildman–Crippen MR) is 110 cm³/mol. The summed E-state index contributed by atoms with van der Waals surface area (Å²) < 4.78 is 18.7. The van der Waals surface area contributed by atoms with E-state index < -0.39 is 5.82 Å². The quantitative estimate of drug-likeness (QED) is 0.702. The molecule has 2 heterocycles. The van der Waals surface area contributed by atoms with Crippen molar-refractivity contribution in [2.75, 3.05) is 32.5 Å². The van der Waals surface area contributed by atoms with Gasteiger partial charge in [0.15, 0.2) is 18.2 Å². The summed E-state index contributed by atoms with van der Waals surface area (Å²) in [4.78, 5) is 30.8. The minimum Gasteiger partial charge on any atom is -0.481 e. The number of aromatic nitrogens is 1. The van der Waals surface area contributed by atoms with Crippen molar-refractivity contribution < 1.29 is 18.7 Å². The monoisotopic (exact) mass is 417 g/mol. The molecule has 8 heteroatoms. The molecule has 1 aliphatic rings. The second kappa shape index (κ2) is 10.2. The number of halogens is 1. The highest BCUT2D eigenvalue weighted by Crippen LogP contribution is 2.22. The standard InChI is InChI=1S/C21H24FN3O3S/c1-29-20-16(5-4-10-23-20)21(27)25-11-8-15(9-12-25)13-24-19(26)14-28-18-7-3-2-6-17(18)22/h2-7,10,15H,8-9,11-14H2,1H3,(H,24,26). The van der Waals surface area contributed by atoms with Crippen molar-refractivity contribution in [1.82, 2.24) is 15.2 Å². The first-order valence-electron chi connectivity index (χ1n) is 9.50. The van der Waals surface area contributed by atoms with Crippen molar-refractivity contribution in [2.24, 2.45) is 5.92 Å². The Balaban J connectivity index is 1.41. The highest BCUT2D eigenvalue weighted by Gasteiger charge is 2.25. The normalized spacial score (nSPS) is 14.5. The van der Waals surface area contributed by atoms with Gasteiger partial charge in [-0.05, 0) is 49.3 Å². The average molecular weight is 418 g/mol. The van der Waals surface area contributed by atoms with E-state index in [0.29, 0.717) is 31.1 Å². The Morgan fingerprint density at radius 1 is 1.24 bits per heavy atom. The van der Waals surface area contributed by atoms with Crippen LogP contribution in [0.5, 0.6) is 5.75 Å². The van der Waals surface area contributed by atoms with Crippen LogP contribution in [0.15, 0.2) is 47.6 Å². The maximum atomic E-state index is 13.5. The predicted octanol–water partition coefficient (Wildman–Crippen LogP) is 2.99.